The van der Waals surface area contributed by atoms with Crippen LogP contribution in [0.2, 0.25) is 0 Å². The number of Topliss-reactive ketones (excluding diaryl/α,β-unsaturated/α-hetero) is 1. The molecule has 1 rings (SSSR count). The average molecular weight is 311 g/mol. The molecule has 0 radical (unpaired) electrons. The number of sulfone groups is 1. The van der Waals surface area contributed by atoms with Gasteiger partial charge in [-0.15, -0.1) is 0 Å². The molecule has 0 bridgehead atoms. The molecule has 0 unspecified atom stereocenters. The molecular weight excluding hydrogens is 290 g/mol. The second kappa shape index (κ2) is 7.36. The van der Waals surface area contributed by atoms with E-state index in [1.54, 1.807) is 31.2 Å². The van der Waals surface area contributed by atoms with Crippen molar-refractivity contribution in [1.29, 1.82) is 0 Å². The second-order valence-corrected chi connectivity index (χ2v) is 7.30. The smallest absolute Gasteiger partial charge is 0.217 e. The summed E-state index contributed by atoms with van der Waals surface area (Å²) in [6, 6.07) is 6.53. The quantitative estimate of drug-likeness (QED) is 0.787. The third-order valence-electron chi connectivity index (χ3n) is 3.38. The van der Waals surface area contributed by atoms with E-state index < -0.39 is 15.7 Å². The predicted octanol–water partition coefficient (Wildman–Crippen LogP) is 1.49. The Bertz CT molecular complexity index is 605. The third kappa shape index (κ3) is 6.08. The first kappa shape index (κ1) is 17.4. The molecule has 0 heterocycles. The van der Waals surface area contributed by atoms with Crippen molar-refractivity contribution in [2.24, 2.45) is 11.7 Å². The van der Waals surface area contributed by atoms with E-state index in [4.69, 9.17) is 5.73 Å². The molecule has 0 saturated carbocycles. The van der Waals surface area contributed by atoms with E-state index in [9.17, 15) is 18.0 Å². The highest BCUT2D eigenvalue weighted by Crippen LogP contribution is 2.14. The van der Waals surface area contributed by atoms with E-state index in [1.165, 1.54) is 0 Å². The van der Waals surface area contributed by atoms with Gasteiger partial charge in [0.05, 0.1) is 4.90 Å². The lowest BCUT2D eigenvalue weighted by Crippen LogP contribution is -2.16. The molecule has 0 aliphatic rings. The van der Waals surface area contributed by atoms with Gasteiger partial charge in [0, 0.05) is 25.0 Å². The molecule has 1 aromatic carbocycles. The van der Waals surface area contributed by atoms with Gasteiger partial charge >= 0.3 is 0 Å². The summed E-state index contributed by atoms with van der Waals surface area (Å²) in [4.78, 5) is 22.9. The number of carbonyl (C=O) groups excluding carboxylic acids is 2. The third-order valence-corrected chi connectivity index (χ3v) is 4.51. The van der Waals surface area contributed by atoms with Crippen LogP contribution < -0.4 is 5.73 Å². The summed E-state index contributed by atoms with van der Waals surface area (Å²) in [6.07, 6.45) is 2.78. The summed E-state index contributed by atoms with van der Waals surface area (Å²) >= 11 is 0. The van der Waals surface area contributed by atoms with E-state index in [0.29, 0.717) is 19.3 Å². The molecule has 1 atom stereocenters. The van der Waals surface area contributed by atoms with Crippen LogP contribution >= 0.6 is 0 Å². The number of hydrogen-bond donors (Lipinski definition) is 1. The Morgan fingerprint density at radius 2 is 1.71 bits per heavy atom. The second-order valence-electron chi connectivity index (χ2n) is 5.29. The van der Waals surface area contributed by atoms with Gasteiger partial charge in [0.25, 0.3) is 0 Å². The standard InChI is InChI=1S/C15H21NO4S/c1-11(3-10-15(16)18)14(17)9-6-12-4-7-13(8-5-12)21(2,19)20/h4-5,7-8,11H,3,6,9-10H2,1-2H3,(H2,16,18)/t11-/m0/s1. The summed E-state index contributed by atoms with van der Waals surface area (Å²) in [5.74, 6) is -0.498. The highest BCUT2D eigenvalue weighted by atomic mass is 32.2. The van der Waals surface area contributed by atoms with Gasteiger partial charge in [0.2, 0.25) is 5.91 Å². The van der Waals surface area contributed by atoms with Crippen LogP contribution in [0.15, 0.2) is 29.2 Å². The Morgan fingerprint density at radius 1 is 1.14 bits per heavy atom. The van der Waals surface area contributed by atoms with E-state index in [0.717, 1.165) is 11.8 Å². The normalized spacial score (nSPS) is 12.9. The monoisotopic (exact) mass is 311 g/mol. The molecule has 5 nitrogen and oxygen atoms in total. The van der Waals surface area contributed by atoms with Gasteiger partial charge in [-0.2, -0.15) is 0 Å². The van der Waals surface area contributed by atoms with Crippen molar-refractivity contribution in [3.05, 3.63) is 29.8 Å². The number of aryl methyl sites for hydroxylation is 1. The highest BCUT2D eigenvalue weighted by molar-refractivity contribution is 7.90. The summed E-state index contributed by atoms with van der Waals surface area (Å²) in [7, 11) is -3.19. The van der Waals surface area contributed by atoms with Crippen molar-refractivity contribution < 1.29 is 18.0 Å². The lowest BCUT2D eigenvalue weighted by Gasteiger charge is -2.09. The molecule has 0 fully saturated rings. The van der Waals surface area contributed by atoms with Crippen LogP contribution in [0.25, 0.3) is 0 Å². The molecule has 6 heteroatoms. The Hall–Kier alpha value is -1.69. The number of rotatable bonds is 8. The fourth-order valence-corrected chi connectivity index (χ4v) is 2.57. The minimum Gasteiger partial charge on any atom is -0.370 e. The van der Waals surface area contributed by atoms with Gasteiger partial charge in [0.1, 0.15) is 5.78 Å². The Kier molecular flexibility index (Phi) is 6.08. The Balaban J connectivity index is 2.51. The first-order valence-electron chi connectivity index (χ1n) is 6.80. The van der Waals surface area contributed by atoms with Crippen molar-refractivity contribution >= 4 is 21.5 Å². The van der Waals surface area contributed by atoms with E-state index in [1.807, 2.05) is 0 Å². The molecule has 116 valence electrons. The van der Waals surface area contributed by atoms with Gasteiger partial charge < -0.3 is 5.73 Å². The SMILES string of the molecule is C[C@@H](CCC(N)=O)C(=O)CCc1ccc(S(C)(=O)=O)cc1. The number of amides is 1. The lowest BCUT2D eigenvalue weighted by atomic mass is 9.95. The predicted molar refractivity (Wildman–Crippen MR) is 80.5 cm³/mol. The van der Waals surface area contributed by atoms with E-state index >= 15 is 0 Å². The van der Waals surface area contributed by atoms with E-state index in [2.05, 4.69) is 0 Å². The molecular formula is C15H21NO4S. The Morgan fingerprint density at radius 3 is 2.19 bits per heavy atom. The van der Waals surface area contributed by atoms with Crippen molar-refractivity contribution in [1.82, 2.24) is 0 Å². The fraction of sp³-hybridized carbons (Fsp3) is 0.467. The van der Waals surface area contributed by atoms with Gasteiger partial charge in [-0.25, -0.2) is 8.42 Å². The number of ketones is 1. The Labute approximate surface area is 125 Å². The fourth-order valence-electron chi connectivity index (χ4n) is 1.94. The maximum absolute atomic E-state index is 11.9. The molecule has 21 heavy (non-hydrogen) atoms. The van der Waals surface area contributed by atoms with Crippen molar-refractivity contribution in [2.45, 2.75) is 37.5 Å². The van der Waals surface area contributed by atoms with Gasteiger partial charge in [-0.3, -0.25) is 9.59 Å². The first-order chi connectivity index (χ1) is 9.70. The number of nitrogens with two attached hydrogens (primary N) is 1. The van der Waals surface area contributed by atoms with Crippen LogP contribution in [0.5, 0.6) is 0 Å². The zero-order chi connectivity index (χ0) is 16.0. The van der Waals surface area contributed by atoms with Crippen molar-refractivity contribution in [3.8, 4) is 0 Å². The first-order valence-corrected chi connectivity index (χ1v) is 8.69. The molecule has 0 spiro atoms. The summed E-state index contributed by atoms with van der Waals surface area (Å²) in [5.41, 5.74) is 5.97. The maximum atomic E-state index is 11.9. The molecule has 1 aromatic rings. The van der Waals surface area contributed by atoms with Crippen LogP contribution in [0.4, 0.5) is 0 Å². The largest absolute Gasteiger partial charge is 0.370 e. The zero-order valence-electron chi connectivity index (χ0n) is 12.3. The van der Waals surface area contributed by atoms with Crippen LogP contribution in [0.1, 0.15) is 31.7 Å². The molecule has 0 aliphatic heterocycles. The number of hydrogen-bond acceptors (Lipinski definition) is 4. The lowest BCUT2D eigenvalue weighted by molar-refractivity contribution is -0.123. The summed E-state index contributed by atoms with van der Waals surface area (Å²) in [6.45, 7) is 1.79. The molecule has 2 N–H and O–H groups in total. The molecule has 0 saturated heterocycles. The van der Waals surface area contributed by atoms with Gasteiger partial charge in [0.15, 0.2) is 9.84 Å². The molecule has 0 aliphatic carbocycles. The van der Waals surface area contributed by atoms with Crippen LogP contribution in [-0.4, -0.2) is 26.4 Å². The van der Waals surface area contributed by atoms with Crippen LogP contribution in [0, 0.1) is 5.92 Å². The van der Waals surface area contributed by atoms with E-state index in [-0.39, 0.29) is 23.0 Å². The summed E-state index contributed by atoms with van der Waals surface area (Å²) in [5, 5.41) is 0. The van der Waals surface area contributed by atoms with Gasteiger partial charge in [-0.1, -0.05) is 19.1 Å². The number of primary amides is 1. The highest BCUT2D eigenvalue weighted by Gasteiger charge is 2.14. The van der Waals surface area contributed by atoms with Crippen LogP contribution in [0.3, 0.4) is 0 Å². The van der Waals surface area contributed by atoms with Gasteiger partial charge in [-0.05, 0) is 30.5 Å². The van der Waals surface area contributed by atoms with Crippen molar-refractivity contribution in [3.63, 3.8) is 0 Å². The molecule has 0 aromatic heterocycles. The average Bonchev–Trinajstić information content (AvgIpc) is 2.41. The van der Waals surface area contributed by atoms with Crippen molar-refractivity contribution in [2.75, 3.05) is 6.26 Å². The maximum Gasteiger partial charge on any atom is 0.217 e. The van der Waals surface area contributed by atoms with Crippen LogP contribution in [-0.2, 0) is 25.8 Å². The molecule has 1 amide bonds. The number of carbonyl (C=O) groups is 2. The summed E-state index contributed by atoms with van der Waals surface area (Å²) < 4.78 is 22.7. The minimum atomic E-state index is -3.19. The zero-order valence-corrected chi connectivity index (χ0v) is 13.2. The topological polar surface area (TPSA) is 94.3 Å². The number of benzene rings is 1. The minimum absolute atomic E-state index is 0.0865.